The third-order valence-electron chi connectivity index (χ3n) is 3.58. The molecule has 1 N–H and O–H groups in total. The lowest BCUT2D eigenvalue weighted by atomic mass is 10.2. The van der Waals surface area contributed by atoms with Crippen LogP contribution in [-0.2, 0) is 0 Å². The average molecular weight is 346 g/mol. The number of carbonyl (C=O) groups excluding carboxylic acids is 1. The highest BCUT2D eigenvalue weighted by Gasteiger charge is 2.23. The van der Waals surface area contributed by atoms with Gasteiger partial charge in [0.25, 0.3) is 5.91 Å². The Hall–Kier alpha value is -0.580. The number of hydrogen-bond donors (Lipinski definition) is 1. The first-order valence-electron chi connectivity index (χ1n) is 6.59. The average Bonchev–Trinajstić information content (AvgIpc) is 2.86. The highest BCUT2D eigenvalue weighted by Crippen LogP contribution is 2.21. The van der Waals surface area contributed by atoms with Gasteiger partial charge >= 0.3 is 0 Å². The molecule has 1 aliphatic rings. The Bertz CT molecular complexity index is 467. The highest BCUT2D eigenvalue weighted by atomic mass is 79.9. The molecule has 19 heavy (non-hydrogen) atoms. The van der Waals surface area contributed by atoms with Crippen LogP contribution < -0.4 is 5.32 Å². The van der Waals surface area contributed by atoms with Crippen LogP contribution in [0.2, 0.25) is 5.02 Å². The molecule has 2 rings (SSSR count). The second-order valence-corrected chi connectivity index (χ2v) is 6.08. The molecule has 1 heterocycles. The lowest BCUT2D eigenvalue weighted by Gasteiger charge is -2.23. The minimum Gasteiger partial charge on any atom is -0.350 e. The smallest absolute Gasteiger partial charge is 0.252 e. The summed E-state index contributed by atoms with van der Waals surface area (Å²) in [6, 6.07) is 5.77. The second kappa shape index (κ2) is 6.73. The minimum absolute atomic E-state index is 0.103. The van der Waals surface area contributed by atoms with Crippen LogP contribution in [0.3, 0.4) is 0 Å². The van der Waals surface area contributed by atoms with E-state index in [9.17, 15) is 4.79 Å². The molecule has 104 valence electrons. The first kappa shape index (κ1) is 14.8. The molecule has 1 fully saturated rings. The zero-order chi connectivity index (χ0) is 13.8. The van der Waals surface area contributed by atoms with E-state index in [-0.39, 0.29) is 5.91 Å². The van der Waals surface area contributed by atoms with Crippen molar-refractivity contribution in [2.75, 3.05) is 19.6 Å². The second-order valence-electron chi connectivity index (χ2n) is 4.76. The van der Waals surface area contributed by atoms with E-state index in [1.807, 2.05) is 6.07 Å². The van der Waals surface area contributed by atoms with Crippen LogP contribution in [0, 0.1) is 0 Å². The van der Waals surface area contributed by atoms with Crippen molar-refractivity contribution in [3.63, 3.8) is 0 Å². The molecule has 0 saturated carbocycles. The van der Waals surface area contributed by atoms with Crippen LogP contribution in [0.25, 0.3) is 0 Å². The van der Waals surface area contributed by atoms with E-state index in [0.717, 1.165) is 24.0 Å². The molecular weight excluding hydrogens is 328 g/mol. The molecule has 5 heteroatoms. The summed E-state index contributed by atoms with van der Waals surface area (Å²) in [5.41, 5.74) is 0.525. The lowest BCUT2D eigenvalue weighted by Crippen LogP contribution is -2.40. The third-order valence-corrected chi connectivity index (χ3v) is 4.40. The van der Waals surface area contributed by atoms with Crippen molar-refractivity contribution in [1.29, 1.82) is 0 Å². The summed E-state index contributed by atoms with van der Waals surface area (Å²) >= 11 is 9.41. The van der Waals surface area contributed by atoms with E-state index in [2.05, 4.69) is 33.1 Å². The number of rotatable bonds is 4. The fraction of sp³-hybridized carbons (Fsp3) is 0.500. The number of hydrogen-bond acceptors (Lipinski definition) is 2. The van der Waals surface area contributed by atoms with Crippen molar-refractivity contribution in [1.82, 2.24) is 10.2 Å². The van der Waals surface area contributed by atoms with Gasteiger partial charge in [0.05, 0.1) is 10.6 Å². The maximum atomic E-state index is 12.1. The van der Waals surface area contributed by atoms with E-state index in [0.29, 0.717) is 23.2 Å². The maximum Gasteiger partial charge on any atom is 0.252 e. The van der Waals surface area contributed by atoms with Gasteiger partial charge in [-0.25, -0.2) is 0 Å². The van der Waals surface area contributed by atoms with Crippen molar-refractivity contribution >= 4 is 33.4 Å². The number of benzene rings is 1. The van der Waals surface area contributed by atoms with Crippen LogP contribution >= 0.6 is 27.5 Å². The van der Waals surface area contributed by atoms with Gasteiger partial charge in [0.1, 0.15) is 0 Å². The van der Waals surface area contributed by atoms with Gasteiger partial charge in [0, 0.05) is 17.1 Å². The first-order valence-corrected chi connectivity index (χ1v) is 7.76. The zero-order valence-corrected chi connectivity index (χ0v) is 13.3. The summed E-state index contributed by atoms with van der Waals surface area (Å²) < 4.78 is 0.859. The molecule has 0 bridgehead atoms. The van der Waals surface area contributed by atoms with E-state index < -0.39 is 0 Å². The normalized spacial score (nSPS) is 19.6. The van der Waals surface area contributed by atoms with E-state index in [4.69, 9.17) is 11.6 Å². The largest absolute Gasteiger partial charge is 0.350 e. The topological polar surface area (TPSA) is 32.3 Å². The van der Waals surface area contributed by atoms with Crippen LogP contribution in [0.5, 0.6) is 0 Å². The molecule has 0 unspecified atom stereocenters. The van der Waals surface area contributed by atoms with E-state index in [1.54, 1.807) is 12.1 Å². The Balaban J connectivity index is 1.96. The van der Waals surface area contributed by atoms with Gasteiger partial charge in [-0.15, -0.1) is 0 Å². The summed E-state index contributed by atoms with van der Waals surface area (Å²) in [6.07, 6.45) is 2.37. The molecule has 0 aliphatic carbocycles. The molecule has 1 amide bonds. The molecule has 0 aromatic heterocycles. The van der Waals surface area contributed by atoms with Crippen molar-refractivity contribution in [3.05, 3.63) is 33.3 Å². The number of nitrogens with one attached hydrogen (secondary N) is 1. The number of carbonyl (C=O) groups is 1. The summed E-state index contributed by atoms with van der Waals surface area (Å²) in [7, 11) is 0. The molecule has 1 aliphatic heterocycles. The first-order chi connectivity index (χ1) is 9.11. The number of likely N-dealkylation sites (tertiary alicyclic amines) is 1. The van der Waals surface area contributed by atoms with Gasteiger partial charge < -0.3 is 5.32 Å². The van der Waals surface area contributed by atoms with Gasteiger partial charge in [-0.3, -0.25) is 9.69 Å². The Morgan fingerprint density at radius 3 is 3.11 bits per heavy atom. The van der Waals surface area contributed by atoms with Crippen LogP contribution in [-0.4, -0.2) is 36.5 Å². The molecular formula is C14H18BrClN2O. The highest BCUT2D eigenvalue weighted by molar-refractivity contribution is 9.10. The van der Waals surface area contributed by atoms with Gasteiger partial charge in [-0.2, -0.15) is 0 Å². The van der Waals surface area contributed by atoms with Crippen LogP contribution in [0.15, 0.2) is 22.7 Å². The molecule has 1 saturated heterocycles. The Kier molecular flexibility index (Phi) is 5.25. The van der Waals surface area contributed by atoms with E-state index in [1.165, 1.54) is 6.42 Å². The van der Waals surface area contributed by atoms with Crippen molar-refractivity contribution in [2.45, 2.75) is 25.8 Å². The quantitative estimate of drug-likeness (QED) is 0.908. The fourth-order valence-electron chi connectivity index (χ4n) is 2.52. The standard InChI is InChI=1S/C14H18BrClN2O/c1-2-18-7-3-4-11(18)9-17-14(19)12-8-10(15)5-6-13(12)16/h5-6,8,11H,2-4,7,9H2,1H3,(H,17,19)/t11-/m1/s1. The summed E-state index contributed by atoms with van der Waals surface area (Å²) in [4.78, 5) is 14.5. The fourth-order valence-corrected chi connectivity index (χ4v) is 3.08. The predicted molar refractivity (Wildman–Crippen MR) is 81.8 cm³/mol. The number of nitrogens with zero attached hydrogens (tertiary/aromatic N) is 1. The number of amides is 1. The maximum absolute atomic E-state index is 12.1. The SMILES string of the molecule is CCN1CCC[C@@H]1CNC(=O)c1cc(Br)ccc1Cl. The lowest BCUT2D eigenvalue weighted by molar-refractivity contribution is 0.0941. The molecule has 1 aromatic rings. The molecule has 1 atom stereocenters. The summed E-state index contributed by atoms with van der Waals surface area (Å²) in [6.45, 7) is 5.02. The van der Waals surface area contributed by atoms with Crippen LogP contribution in [0.1, 0.15) is 30.1 Å². The van der Waals surface area contributed by atoms with Crippen molar-refractivity contribution in [2.24, 2.45) is 0 Å². The van der Waals surface area contributed by atoms with Gasteiger partial charge in [-0.1, -0.05) is 34.5 Å². The number of likely N-dealkylation sites (N-methyl/N-ethyl adjacent to an activating group) is 1. The molecule has 0 radical (unpaired) electrons. The monoisotopic (exact) mass is 344 g/mol. The minimum atomic E-state index is -0.103. The van der Waals surface area contributed by atoms with Crippen LogP contribution in [0.4, 0.5) is 0 Å². The van der Waals surface area contributed by atoms with Gasteiger partial charge in [0.15, 0.2) is 0 Å². The molecule has 3 nitrogen and oxygen atoms in total. The van der Waals surface area contributed by atoms with Crippen molar-refractivity contribution < 1.29 is 4.79 Å². The van der Waals surface area contributed by atoms with Gasteiger partial charge in [-0.05, 0) is 44.1 Å². The molecule has 0 spiro atoms. The Labute approximate surface area is 127 Å². The van der Waals surface area contributed by atoms with Crippen molar-refractivity contribution in [3.8, 4) is 0 Å². The summed E-state index contributed by atoms with van der Waals surface area (Å²) in [5, 5.41) is 3.47. The summed E-state index contributed by atoms with van der Waals surface area (Å²) in [5.74, 6) is -0.103. The third kappa shape index (κ3) is 3.71. The van der Waals surface area contributed by atoms with E-state index >= 15 is 0 Å². The predicted octanol–water partition coefficient (Wildman–Crippen LogP) is 3.32. The zero-order valence-electron chi connectivity index (χ0n) is 11.0. The Morgan fingerprint density at radius 2 is 2.37 bits per heavy atom. The Morgan fingerprint density at radius 1 is 1.58 bits per heavy atom. The number of halogens is 2. The van der Waals surface area contributed by atoms with Gasteiger partial charge in [0.2, 0.25) is 0 Å². The molecule has 1 aromatic carbocycles.